The van der Waals surface area contributed by atoms with Crippen LogP contribution in [0, 0.1) is 28.4 Å². The van der Waals surface area contributed by atoms with Crippen LogP contribution in [0.15, 0.2) is 36.5 Å². The third kappa shape index (κ3) is 3.15. The van der Waals surface area contributed by atoms with E-state index in [4.69, 9.17) is 5.26 Å². The molecule has 6 heteroatoms. The van der Waals surface area contributed by atoms with Gasteiger partial charge in [0.05, 0.1) is 28.3 Å². The highest BCUT2D eigenvalue weighted by molar-refractivity contribution is 5.64. The molecule has 106 valence electrons. The summed E-state index contributed by atoms with van der Waals surface area (Å²) < 4.78 is 0. The number of hydrogen-bond donors (Lipinski definition) is 1. The van der Waals surface area contributed by atoms with Crippen molar-refractivity contribution in [1.29, 1.82) is 5.26 Å². The number of rotatable bonds is 4. The lowest BCUT2D eigenvalue weighted by atomic mass is 10.1. The molecule has 0 saturated heterocycles. The molecule has 0 radical (unpaired) electrons. The molecule has 2 aromatic rings. The standard InChI is InChI=1S/C15H14N4O2/c1-10-14(7-12(9-16)8-15(10)19(20)21)18-11(2)13-5-3-4-6-17-13/h3-8,11,18H,1-2H3/t11-/m0/s1. The van der Waals surface area contributed by atoms with E-state index in [1.165, 1.54) is 6.07 Å². The van der Waals surface area contributed by atoms with Gasteiger partial charge in [-0.25, -0.2) is 0 Å². The molecule has 1 aromatic heterocycles. The van der Waals surface area contributed by atoms with Crippen molar-refractivity contribution in [3.8, 4) is 6.07 Å². The van der Waals surface area contributed by atoms with Gasteiger partial charge in [-0.15, -0.1) is 0 Å². The lowest BCUT2D eigenvalue weighted by Gasteiger charge is -2.16. The third-order valence-electron chi connectivity index (χ3n) is 3.21. The van der Waals surface area contributed by atoms with Crippen molar-refractivity contribution in [1.82, 2.24) is 4.98 Å². The maximum Gasteiger partial charge on any atom is 0.275 e. The number of hydrogen-bond acceptors (Lipinski definition) is 5. The molecular formula is C15H14N4O2. The van der Waals surface area contributed by atoms with Gasteiger partial charge in [0.1, 0.15) is 0 Å². The number of nitro benzene ring substituents is 1. The van der Waals surface area contributed by atoms with Crippen LogP contribution < -0.4 is 5.32 Å². The number of aromatic nitrogens is 1. The monoisotopic (exact) mass is 282 g/mol. The van der Waals surface area contributed by atoms with Gasteiger partial charge < -0.3 is 5.32 Å². The van der Waals surface area contributed by atoms with E-state index in [0.717, 1.165) is 5.69 Å². The van der Waals surface area contributed by atoms with Crippen molar-refractivity contribution in [3.05, 3.63) is 63.5 Å². The van der Waals surface area contributed by atoms with Gasteiger partial charge in [0.15, 0.2) is 0 Å². The summed E-state index contributed by atoms with van der Waals surface area (Å²) in [6.07, 6.45) is 1.69. The average molecular weight is 282 g/mol. The predicted molar refractivity (Wildman–Crippen MR) is 78.8 cm³/mol. The zero-order valence-electron chi connectivity index (χ0n) is 11.7. The average Bonchev–Trinajstić information content (AvgIpc) is 2.49. The number of benzene rings is 1. The van der Waals surface area contributed by atoms with Crippen molar-refractivity contribution in [2.24, 2.45) is 0 Å². The molecule has 0 bridgehead atoms. The van der Waals surface area contributed by atoms with Crippen LogP contribution in [0.5, 0.6) is 0 Å². The minimum Gasteiger partial charge on any atom is -0.376 e. The fourth-order valence-corrected chi connectivity index (χ4v) is 2.04. The maximum absolute atomic E-state index is 11.1. The summed E-state index contributed by atoms with van der Waals surface area (Å²) in [7, 11) is 0. The molecule has 0 unspecified atom stereocenters. The van der Waals surface area contributed by atoms with E-state index in [1.54, 1.807) is 19.2 Å². The minimum atomic E-state index is -0.479. The lowest BCUT2D eigenvalue weighted by molar-refractivity contribution is -0.385. The van der Waals surface area contributed by atoms with Crippen LogP contribution in [0.4, 0.5) is 11.4 Å². The van der Waals surface area contributed by atoms with Gasteiger partial charge in [-0.2, -0.15) is 5.26 Å². The molecule has 1 aromatic carbocycles. The van der Waals surface area contributed by atoms with Gasteiger partial charge in [0.25, 0.3) is 5.69 Å². The molecule has 21 heavy (non-hydrogen) atoms. The van der Waals surface area contributed by atoms with Crippen molar-refractivity contribution in [3.63, 3.8) is 0 Å². The third-order valence-corrected chi connectivity index (χ3v) is 3.21. The quantitative estimate of drug-likeness (QED) is 0.685. The van der Waals surface area contributed by atoms with E-state index in [9.17, 15) is 10.1 Å². The Labute approximate surface area is 122 Å². The van der Waals surface area contributed by atoms with Crippen LogP contribution in [0.3, 0.4) is 0 Å². The molecule has 0 amide bonds. The summed E-state index contributed by atoms with van der Waals surface area (Å²) >= 11 is 0. The smallest absolute Gasteiger partial charge is 0.275 e. The summed E-state index contributed by atoms with van der Waals surface area (Å²) in [4.78, 5) is 14.8. The molecule has 0 aliphatic carbocycles. The van der Waals surface area contributed by atoms with Crippen LogP contribution in [-0.2, 0) is 0 Å². The normalized spacial score (nSPS) is 11.5. The fraction of sp³-hybridized carbons (Fsp3) is 0.200. The Bertz CT molecular complexity index is 708. The van der Waals surface area contributed by atoms with E-state index in [0.29, 0.717) is 11.3 Å². The van der Waals surface area contributed by atoms with Crippen LogP contribution in [-0.4, -0.2) is 9.91 Å². The van der Waals surface area contributed by atoms with Crippen LogP contribution in [0.25, 0.3) is 0 Å². The summed E-state index contributed by atoms with van der Waals surface area (Å²) in [6.45, 7) is 3.57. The lowest BCUT2D eigenvalue weighted by Crippen LogP contribution is -2.10. The van der Waals surface area contributed by atoms with Gasteiger partial charge in [-0.3, -0.25) is 15.1 Å². The van der Waals surface area contributed by atoms with Crippen LogP contribution >= 0.6 is 0 Å². The van der Waals surface area contributed by atoms with Crippen LogP contribution in [0.2, 0.25) is 0 Å². The molecule has 0 aliphatic rings. The molecule has 2 rings (SSSR count). The van der Waals surface area contributed by atoms with Gasteiger partial charge in [0.2, 0.25) is 0 Å². The number of nitriles is 1. The zero-order valence-corrected chi connectivity index (χ0v) is 11.7. The highest BCUT2D eigenvalue weighted by Crippen LogP contribution is 2.29. The summed E-state index contributed by atoms with van der Waals surface area (Å²) in [5.41, 5.74) is 2.08. The van der Waals surface area contributed by atoms with Crippen LogP contribution in [0.1, 0.15) is 29.8 Å². The minimum absolute atomic E-state index is 0.0650. The zero-order chi connectivity index (χ0) is 15.4. The number of nitrogens with zero attached hydrogens (tertiary/aromatic N) is 3. The summed E-state index contributed by atoms with van der Waals surface area (Å²) in [5.74, 6) is 0. The Morgan fingerprint density at radius 1 is 1.43 bits per heavy atom. The second kappa shape index (κ2) is 6.01. The summed E-state index contributed by atoms with van der Waals surface area (Å²) in [5, 5.41) is 23.2. The van der Waals surface area contributed by atoms with E-state index in [-0.39, 0.29) is 17.3 Å². The Kier molecular flexibility index (Phi) is 4.14. The first-order chi connectivity index (χ1) is 10.0. The Balaban J connectivity index is 2.38. The van der Waals surface area contributed by atoms with Gasteiger partial charge in [-0.1, -0.05) is 6.07 Å². The molecule has 6 nitrogen and oxygen atoms in total. The van der Waals surface area contributed by atoms with E-state index < -0.39 is 4.92 Å². The SMILES string of the molecule is Cc1c(N[C@@H](C)c2ccccn2)cc(C#N)cc1[N+](=O)[O-]. The Hall–Kier alpha value is -2.94. The number of pyridine rings is 1. The maximum atomic E-state index is 11.1. The van der Waals surface area contributed by atoms with E-state index in [1.807, 2.05) is 31.2 Å². The van der Waals surface area contributed by atoms with Crippen molar-refractivity contribution < 1.29 is 4.92 Å². The fourth-order valence-electron chi connectivity index (χ4n) is 2.04. The summed E-state index contributed by atoms with van der Waals surface area (Å²) in [6, 6.07) is 10.3. The molecule has 0 spiro atoms. The Morgan fingerprint density at radius 2 is 2.19 bits per heavy atom. The van der Waals surface area contributed by atoms with Crippen molar-refractivity contribution >= 4 is 11.4 Å². The largest absolute Gasteiger partial charge is 0.376 e. The highest BCUT2D eigenvalue weighted by atomic mass is 16.6. The molecule has 1 atom stereocenters. The van der Waals surface area contributed by atoms with E-state index >= 15 is 0 Å². The number of nitrogens with one attached hydrogen (secondary N) is 1. The second-order valence-electron chi connectivity index (χ2n) is 4.66. The molecule has 0 aliphatic heterocycles. The van der Waals surface area contributed by atoms with Gasteiger partial charge >= 0.3 is 0 Å². The first kappa shape index (κ1) is 14.5. The Morgan fingerprint density at radius 3 is 2.76 bits per heavy atom. The number of nitro groups is 1. The molecule has 1 heterocycles. The topological polar surface area (TPSA) is 91.8 Å². The molecule has 1 N–H and O–H groups in total. The predicted octanol–water partition coefficient (Wildman–Crippen LogP) is 3.34. The molecule has 0 fully saturated rings. The second-order valence-corrected chi connectivity index (χ2v) is 4.66. The van der Waals surface area contributed by atoms with E-state index in [2.05, 4.69) is 10.3 Å². The highest BCUT2D eigenvalue weighted by Gasteiger charge is 2.18. The molecular weight excluding hydrogens is 268 g/mol. The first-order valence-corrected chi connectivity index (χ1v) is 6.39. The first-order valence-electron chi connectivity index (χ1n) is 6.39. The van der Waals surface area contributed by atoms with Crippen molar-refractivity contribution in [2.45, 2.75) is 19.9 Å². The van der Waals surface area contributed by atoms with Crippen molar-refractivity contribution in [2.75, 3.05) is 5.32 Å². The number of anilines is 1. The van der Waals surface area contributed by atoms with Gasteiger partial charge in [0, 0.05) is 23.5 Å². The molecule has 0 saturated carbocycles. The van der Waals surface area contributed by atoms with Gasteiger partial charge in [-0.05, 0) is 32.0 Å².